The van der Waals surface area contributed by atoms with Crippen LogP contribution >= 0.6 is 0 Å². The van der Waals surface area contributed by atoms with Gasteiger partial charge in [0.2, 0.25) is 0 Å². The number of methoxy groups -OCH3 is 1. The Morgan fingerprint density at radius 2 is 1.06 bits per heavy atom. The van der Waals surface area contributed by atoms with Crippen LogP contribution in [-0.4, -0.2) is 36.4 Å². The number of esters is 1. The Hall–Kier alpha value is -3.08. The lowest BCUT2D eigenvalue weighted by molar-refractivity contribution is -0.141. The van der Waals surface area contributed by atoms with Gasteiger partial charge in [0.25, 0.3) is 0 Å². The van der Waals surface area contributed by atoms with E-state index in [1.54, 1.807) is 0 Å². The van der Waals surface area contributed by atoms with Crippen molar-refractivity contribution in [3.63, 3.8) is 0 Å². The summed E-state index contributed by atoms with van der Waals surface area (Å²) in [6.45, 7) is 0. The standard InChI is InChI=1S/C11H11F3O2.C10H9F3O2.CH4O/c1-16-10(15)7-4-8-2-5-9(6-3-8)11(12,13)14;11-10(12,13)8-4-1-7(2-5-8)3-6-9(14)15;1-2/h2-3,5-6H,4,7H2,1H3;1-2,4-5H,3,6H2,(H,14,15);2H,1H3. The second-order valence-corrected chi connectivity index (χ2v) is 6.36. The molecule has 33 heavy (non-hydrogen) atoms. The fraction of sp³-hybridized carbons (Fsp3) is 0.364. The zero-order chi connectivity index (χ0) is 25.7. The van der Waals surface area contributed by atoms with E-state index in [-0.39, 0.29) is 25.2 Å². The van der Waals surface area contributed by atoms with E-state index in [1.807, 2.05) is 0 Å². The summed E-state index contributed by atoms with van der Waals surface area (Å²) < 4.78 is 77.5. The van der Waals surface area contributed by atoms with Crippen LogP contribution in [0.4, 0.5) is 26.3 Å². The lowest BCUT2D eigenvalue weighted by atomic mass is 10.1. The van der Waals surface area contributed by atoms with Gasteiger partial charge in [-0.1, -0.05) is 24.3 Å². The molecular formula is C22H24F6O5. The van der Waals surface area contributed by atoms with Crippen LogP contribution in [-0.2, 0) is 39.5 Å². The maximum absolute atomic E-state index is 12.2. The maximum Gasteiger partial charge on any atom is 0.416 e. The maximum atomic E-state index is 12.2. The molecule has 2 N–H and O–H groups in total. The third kappa shape index (κ3) is 12.5. The molecular weight excluding hydrogens is 458 g/mol. The third-order valence-electron chi connectivity index (χ3n) is 4.04. The molecule has 0 spiro atoms. The van der Waals surface area contributed by atoms with Gasteiger partial charge in [-0.15, -0.1) is 0 Å². The molecule has 184 valence electrons. The molecule has 0 atom stereocenters. The van der Waals surface area contributed by atoms with E-state index in [4.69, 9.17) is 10.2 Å². The quantitative estimate of drug-likeness (QED) is 0.440. The number of aryl methyl sites for hydroxylation is 2. The molecule has 0 aliphatic heterocycles. The number of carbonyl (C=O) groups is 2. The number of hydrogen-bond donors (Lipinski definition) is 2. The molecule has 11 heteroatoms. The monoisotopic (exact) mass is 482 g/mol. The molecule has 0 saturated carbocycles. The Balaban J connectivity index is 0.000000578. The minimum atomic E-state index is -4.34. The predicted molar refractivity (Wildman–Crippen MR) is 107 cm³/mol. The van der Waals surface area contributed by atoms with Crippen LogP contribution in [0.15, 0.2) is 48.5 Å². The van der Waals surface area contributed by atoms with Crippen molar-refractivity contribution in [1.82, 2.24) is 0 Å². The zero-order valence-electron chi connectivity index (χ0n) is 17.8. The summed E-state index contributed by atoms with van der Waals surface area (Å²) in [5.74, 6) is -1.34. The van der Waals surface area contributed by atoms with Gasteiger partial charge >= 0.3 is 24.3 Å². The highest BCUT2D eigenvalue weighted by atomic mass is 19.4. The van der Waals surface area contributed by atoms with Gasteiger partial charge in [-0.05, 0) is 48.2 Å². The van der Waals surface area contributed by atoms with Crippen LogP contribution in [0.25, 0.3) is 0 Å². The van der Waals surface area contributed by atoms with Crippen LogP contribution in [0.1, 0.15) is 35.1 Å². The first-order chi connectivity index (χ1) is 15.3. The van der Waals surface area contributed by atoms with E-state index in [0.29, 0.717) is 17.5 Å². The molecule has 2 aromatic rings. The zero-order valence-corrected chi connectivity index (χ0v) is 17.8. The number of alkyl halides is 6. The molecule has 0 bridgehead atoms. The Labute approximate surface area is 186 Å². The summed E-state index contributed by atoms with van der Waals surface area (Å²) in [5, 5.41) is 15.4. The number of ether oxygens (including phenoxy) is 1. The lowest BCUT2D eigenvalue weighted by Gasteiger charge is -2.07. The van der Waals surface area contributed by atoms with Crippen molar-refractivity contribution in [1.29, 1.82) is 0 Å². The first-order valence-electron chi connectivity index (χ1n) is 9.38. The van der Waals surface area contributed by atoms with Crippen LogP contribution in [0, 0.1) is 0 Å². The van der Waals surface area contributed by atoms with Gasteiger partial charge in [-0.3, -0.25) is 9.59 Å². The molecule has 2 rings (SSSR count). The molecule has 0 aliphatic rings. The Morgan fingerprint density at radius 3 is 1.33 bits per heavy atom. The van der Waals surface area contributed by atoms with E-state index in [0.717, 1.165) is 31.4 Å². The van der Waals surface area contributed by atoms with Crippen LogP contribution in [0.2, 0.25) is 0 Å². The summed E-state index contributed by atoms with van der Waals surface area (Å²) in [6.07, 6.45) is -7.95. The Morgan fingerprint density at radius 1 is 0.727 bits per heavy atom. The average molecular weight is 482 g/mol. The molecule has 0 heterocycles. The normalized spacial score (nSPS) is 10.8. The second-order valence-electron chi connectivity index (χ2n) is 6.36. The topological polar surface area (TPSA) is 83.8 Å². The SMILES string of the molecule is CO.COC(=O)CCc1ccc(C(F)(F)F)cc1.O=C(O)CCc1ccc(C(F)(F)F)cc1. The second kappa shape index (κ2) is 14.1. The summed E-state index contributed by atoms with van der Waals surface area (Å²) in [6, 6.07) is 9.25. The number of carbonyl (C=O) groups excluding carboxylic acids is 1. The summed E-state index contributed by atoms with van der Waals surface area (Å²) >= 11 is 0. The fourth-order valence-corrected chi connectivity index (χ4v) is 2.32. The van der Waals surface area contributed by atoms with Crippen molar-refractivity contribution in [3.8, 4) is 0 Å². The Bertz CT molecular complexity index is 844. The number of halogens is 6. The van der Waals surface area contributed by atoms with Crippen molar-refractivity contribution in [2.45, 2.75) is 38.0 Å². The predicted octanol–water partition coefficient (Wildman–Crippen LogP) is 5.14. The number of aliphatic hydroxyl groups excluding tert-OH is 1. The highest BCUT2D eigenvalue weighted by Crippen LogP contribution is 2.30. The van der Waals surface area contributed by atoms with Crippen molar-refractivity contribution in [2.75, 3.05) is 14.2 Å². The van der Waals surface area contributed by atoms with Crippen LogP contribution < -0.4 is 0 Å². The minimum absolute atomic E-state index is 0.0780. The van der Waals surface area contributed by atoms with E-state index in [2.05, 4.69) is 4.74 Å². The number of benzene rings is 2. The smallest absolute Gasteiger partial charge is 0.416 e. The summed E-state index contributed by atoms with van der Waals surface area (Å²) in [4.78, 5) is 21.0. The van der Waals surface area contributed by atoms with Crippen molar-refractivity contribution < 1.29 is 50.9 Å². The molecule has 0 unspecified atom stereocenters. The van der Waals surface area contributed by atoms with Gasteiger partial charge in [-0.2, -0.15) is 26.3 Å². The molecule has 0 fully saturated rings. The number of carboxylic acids is 1. The highest BCUT2D eigenvalue weighted by Gasteiger charge is 2.30. The van der Waals surface area contributed by atoms with Gasteiger partial charge in [-0.25, -0.2) is 0 Å². The largest absolute Gasteiger partial charge is 0.481 e. The van der Waals surface area contributed by atoms with Gasteiger partial charge < -0.3 is 14.9 Å². The molecule has 0 saturated heterocycles. The van der Waals surface area contributed by atoms with Crippen LogP contribution in [0.5, 0.6) is 0 Å². The van der Waals surface area contributed by atoms with Gasteiger partial charge in [0.1, 0.15) is 0 Å². The number of carboxylic acid groups (broad SMARTS) is 1. The van der Waals surface area contributed by atoms with Gasteiger partial charge in [0, 0.05) is 20.0 Å². The Kier molecular flexibility index (Phi) is 12.8. The van der Waals surface area contributed by atoms with Crippen molar-refractivity contribution in [3.05, 3.63) is 70.8 Å². The fourth-order valence-electron chi connectivity index (χ4n) is 2.32. The van der Waals surface area contributed by atoms with E-state index in [1.165, 1.54) is 31.4 Å². The first-order valence-corrected chi connectivity index (χ1v) is 9.38. The van der Waals surface area contributed by atoms with Gasteiger partial charge in [0.15, 0.2) is 0 Å². The molecule has 5 nitrogen and oxygen atoms in total. The minimum Gasteiger partial charge on any atom is -0.481 e. The average Bonchev–Trinajstić information content (AvgIpc) is 2.77. The summed E-state index contributed by atoms with van der Waals surface area (Å²) in [5.41, 5.74) is -0.139. The molecule has 0 amide bonds. The van der Waals surface area contributed by atoms with E-state index >= 15 is 0 Å². The van der Waals surface area contributed by atoms with Crippen molar-refractivity contribution >= 4 is 11.9 Å². The molecule has 2 aromatic carbocycles. The first kappa shape index (κ1) is 29.9. The number of hydrogen-bond acceptors (Lipinski definition) is 4. The molecule has 0 aliphatic carbocycles. The van der Waals surface area contributed by atoms with Crippen molar-refractivity contribution in [2.24, 2.45) is 0 Å². The number of aliphatic hydroxyl groups is 1. The van der Waals surface area contributed by atoms with E-state index in [9.17, 15) is 35.9 Å². The highest BCUT2D eigenvalue weighted by molar-refractivity contribution is 5.69. The number of aliphatic carboxylic acids is 1. The lowest BCUT2D eigenvalue weighted by Crippen LogP contribution is -2.05. The van der Waals surface area contributed by atoms with Gasteiger partial charge in [0.05, 0.1) is 18.2 Å². The van der Waals surface area contributed by atoms with E-state index < -0.39 is 29.4 Å². The molecule has 0 radical (unpaired) electrons. The summed E-state index contributed by atoms with van der Waals surface area (Å²) in [7, 11) is 2.27. The number of rotatable bonds is 6. The molecule has 0 aromatic heterocycles. The van der Waals surface area contributed by atoms with Crippen LogP contribution in [0.3, 0.4) is 0 Å². The third-order valence-corrected chi connectivity index (χ3v) is 4.04.